The van der Waals surface area contributed by atoms with Crippen LogP contribution >= 0.6 is 11.8 Å². The Morgan fingerprint density at radius 2 is 2.24 bits per heavy atom. The number of hydrogen-bond donors (Lipinski definition) is 2. The molecule has 2 N–H and O–H groups in total. The second-order valence-corrected chi connectivity index (χ2v) is 6.80. The van der Waals surface area contributed by atoms with Crippen LogP contribution in [0.2, 0.25) is 0 Å². The first-order valence-electron chi connectivity index (χ1n) is 6.51. The Balaban J connectivity index is 1.78. The monoisotopic (exact) mass is 257 g/mol. The Bertz CT molecular complexity index is 293. The average molecular weight is 257 g/mol. The first-order chi connectivity index (χ1) is 8.02. The molecule has 1 amide bonds. The van der Waals surface area contributed by atoms with Crippen LogP contribution in [0.25, 0.3) is 0 Å². The lowest BCUT2D eigenvalue weighted by atomic mass is 9.88. The predicted molar refractivity (Wildman–Crippen MR) is 71.0 cm³/mol. The Labute approximate surface area is 108 Å². The third kappa shape index (κ3) is 3.16. The smallest absolute Gasteiger partial charge is 0.223 e. The third-order valence-electron chi connectivity index (χ3n) is 4.17. The van der Waals surface area contributed by atoms with Gasteiger partial charge in [-0.1, -0.05) is 6.42 Å². The van der Waals surface area contributed by atoms with Crippen molar-refractivity contribution >= 4 is 17.7 Å². The van der Waals surface area contributed by atoms with Crippen molar-refractivity contribution < 1.29 is 9.90 Å². The Morgan fingerprint density at radius 1 is 1.47 bits per heavy atom. The highest BCUT2D eigenvalue weighted by Gasteiger charge is 2.43. The number of rotatable bonds is 5. The van der Waals surface area contributed by atoms with E-state index in [1.807, 2.05) is 6.26 Å². The fourth-order valence-corrected chi connectivity index (χ4v) is 4.06. The highest BCUT2D eigenvalue weighted by atomic mass is 32.2. The summed E-state index contributed by atoms with van der Waals surface area (Å²) in [7, 11) is 0. The van der Waals surface area contributed by atoms with E-state index in [1.54, 1.807) is 18.7 Å². The molecule has 0 saturated heterocycles. The van der Waals surface area contributed by atoms with Gasteiger partial charge in [-0.3, -0.25) is 4.79 Å². The van der Waals surface area contributed by atoms with Gasteiger partial charge < -0.3 is 10.4 Å². The molecular weight excluding hydrogens is 234 g/mol. The summed E-state index contributed by atoms with van der Waals surface area (Å²) >= 11 is 1.60. The van der Waals surface area contributed by atoms with Crippen LogP contribution in [-0.2, 0) is 4.79 Å². The van der Waals surface area contributed by atoms with E-state index >= 15 is 0 Å². The highest BCUT2D eigenvalue weighted by molar-refractivity contribution is 7.98. The molecule has 2 fully saturated rings. The Kier molecular flexibility index (Phi) is 4.03. The van der Waals surface area contributed by atoms with E-state index < -0.39 is 5.60 Å². The van der Waals surface area contributed by atoms with Crippen LogP contribution in [0.3, 0.4) is 0 Å². The van der Waals surface area contributed by atoms with E-state index in [0.29, 0.717) is 18.2 Å². The molecular formula is C13H23NO2S. The zero-order valence-corrected chi connectivity index (χ0v) is 11.6. The molecule has 2 rings (SSSR count). The first-order valence-corrected chi connectivity index (χ1v) is 7.90. The molecule has 0 aromatic heterocycles. The van der Waals surface area contributed by atoms with Crippen molar-refractivity contribution in [3.8, 4) is 0 Å². The minimum absolute atomic E-state index is 0.165. The van der Waals surface area contributed by atoms with E-state index in [-0.39, 0.29) is 11.8 Å². The molecule has 3 nitrogen and oxygen atoms in total. The number of thioether (sulfide) groups is 1. The lowest BCUT2D eigenvalue weighted by molar-refractivity contribution is -0.127. The molecule has 0 aromatic rings. The largest absolute Gasteiger partial charge is 0.387 e. The number of amides is 1. The van der Waals surface area contributed by atoms with E-state index in [2.05, 4.69) is 5.32 Å². The summed E-state index contributed by atoms with van der Waals surface area (Å²) in [5, 5.41) is 12.9. The summed E-state index contributed by atoms with van der Waals surface area (Å²) in [6.07, 6.45) is 6.83. The standard InChI is InChI=1S/C13H23NO2S/c1-13(16,8-17-2)7-14-12(15)11-6-9-3-4-10(11)5-9/h9-11,16H,3-8H2,1-2H3,(H,14,15). The highest BCUT2D eigenvalue weighted by Crippen LogP contribution is 2.48. The van der Waals surface area contributed by atoms with Crippen molar-refractivity contribution in [3.63, 3.8) is 0 Å². The number of aliphatic hydroxyl groups is 1. The van der Waals surface area contributed by atoms with Gasteiger partial charge >= 0.3 is 0 Å². The molecule has 4 heteroatoms. The second-order valence-electron chi connectivity index (χ2n) is 5.93. The van der Waals surface area contributed by atoms with E-state index in [9.17, 15) is 9.90 Å². The lowest BCUT2D eigenvalue weighted by Crippen LogP contribution is -2.45. The van der Waals surface area contributed by atoms with E-state index in [4.69, 9.17) is 0 Å². The number of carbonyl (C=O) groups is 1. The van der Waals surface area contributed by atoms with Gasteiger partial charge in [-0.15, -0.1) is 0 Å². The van der Waals surface area contributed by atoms with Crippen LogP contribution in [0.15, 0.2) is 0 Å². The maximum Gasteiger partial charge on any atom is 0.223 e. The molecule has 0 aliphatic heterocycles. The molecule has 0 heterocycles. The zero-order valence-electron chi connectivity index (χ0n) is 10.7. The normalized spacial score (nSPS) is 34.6. The van der Waals surface area contributed by atoms with Crippen LogP contribution in [0.5, 0.6) is 0 Å². The molecule has 4 atom stereocenters. The summed E-state index contributed by atoms with van der Waals surface area (Å²) in [5.74, 6) is 2.45. The SMILES string of the molecule is CSCC(C)(O)CNC(=O)C1CC2CCC1C2. The number of carbonyl (C=O) groups excluding carboxylic acids is 1. The van der Waals surface area contributed by atoms with Crippen LogP contribution in [-0.4, -0.2) is 35.2 Å². The molecule has 0 radical (unpaired) electrons. The van der Waals surface area contributed by atoms with Gasteiger partial charge in [0.1, 0.15) is 0 Å². The second kappa shape index (κ2) is 5.19. The molecule has 2 saturated carbocycles. The van der Waals surface area contributed by atoms with Crippen LogP contribution in [0, 0.1) is 17.8 Å². The van der Waals surface area contributed by atoms with Gasteiger partial charge in [-0.25, -0.2) is 0 Å². The van der Waals surface area contributed by atoms with Crippen molar-refractivity contribution in [3.05, 3.63) is 0 Å². The Morgan fingerprint density at radius 3 is 2.76 bits per heavy atom. The summed E-state index contributed by atoms with van der Waals surface area (Å²) in [6, 6.07) is 0. The average Bonchev–Trinajstić information content (AvgIpc) is 2.87. The van der Waals surface area contributed by atoms with Crippen LogP contribution in [0.1, 0.15) is 32.6 Å². The van der Waals surface area contributed by atoms with Crippen molar-refractivity contribution in [2.24, 2.45) is 17.8 Å². The molecule has 2 aliphatic rings. The number of nitrogens with one attached hydrogen (secondary N) is 1. The van der Waals surface area contributed by atoms with Crippen LogP contribution < -0.4 is 5.32 Å². The summed E-state index contributed by atoms with van der Waals surface area (Å²) in [6.45, 7) is 2.16. The maximum absolute atomic E-state index is 12.1. The Hall–Kier alpha value is -0.220. The van der Waals surface area contributed by atoms with E-state index in [0.717, 1.165) is 12.3 Å². The predicted octanol–water partition coefficient (Wildman–Crippen LogP) is 1.65. The molecule has 17 heavy (non-hydrogen) atoms. The quantitative estimate of drug-likeness (QED) is 0.787. The van der Waals surface area contributed by atoms with Crippen molar-refractivity contribution in [2.75, 3.05) is 18.6 Å². The summed E-state index contributed by atoms with van der Waals surface area (Å²) in [4.78, 5) is 12.1. The van der Waals surface area contributed by atoms with Gasteiger partial charge in [0.2, 0.25) is 5.91 Å². The minimum Gasteiger partial charge on any atom is -0.387 e. The third-order valence-corrected chi connectivity index (χ3v) is 5.08. The topological polar surface area (TPSA) is 49.3 Å². The molecule has 0 aromatic carbocycles. The van der Waals surface area contributed by atoms with Gasteiger partial charge in [-0.05, 0) is 44.3 Å². The van der Waals surface area contributed by atoms with Gasteiger partial charge in [-0.2, -0.15) is 11.8 Å². The lowest BCUT2D eigenvalue weighted by Gasteiger charge is -2.26. The fourth-order valence-electron chi connectivity index (χ4n) is 3.34. The van der Waals surface area contributed by atoms with Gasteiger partial charge in [0.05, 0.1) is 5.60 Å². The number of hydrogen-bond acceptors (Lipinski definition) is 3. The maximum atomic E-state index is 12.1. The number of fused-ring (bicyclic) bond motifs is 2. The minimum atomic E-state index is -0.785. The molecule has 2 bridgehead atoms. The molecule has 4 unspecified atom stereocenters. The first kappa shape index (κ1) is 13.2. The summed E-state index contributed by atoms with van der Waals surface area (Å²) < 4.78 is 0. The van der Waals surface area contributed by atoms with Gasteiger partial charge in [0.15, 0.2) is 0 Å². The van der Waals surface area contributed by atoms with Gasteiger partial charge in [0, 0.05) is 18.2 Å². The van der Waals surface area contributed by atoms with Crippen molar-refractivity contribution in [2.45, 2.75) is 38.2 Å². The van der Waals surface area contributed by atoms with Crippen LogP contribution in [0.4, 0.5) is 0 Å². The van der Waals surface area contributed by atoms with Crippen molar-refractivity contribution in [1.29, 1.82) is 0 Å². The zero-order chi connectivity index (χ0) is 12.5. The molecule has 2 aliphatic carbocycles. The molecule has 98 valence electrons. The van der Waals surface area contributed by atoms with Crippen molar-refractivity contribution in [1.82, 2.24) is 5.32 Å². The summed E-state index contributed by atoms with van der Waals surface area (Å²) in [5.41, 5.74) is -0.785. The molecule has 0 spiro atoms. The fraction of sp³-hybridized carbons (Fsp3) is 0.923. The van der Waals surface area contributed by atoms with Gasteiger partial charge in [0.25, 0.3) is 0 Å². The van der Waals surface area contributed by atoms with E-state index in [1.165, 1.54) is 19.3 Å².